The maximum atomic E-state index is 16.5. The fourth-order valence-electron chi connectivity index (χ4n) is 8.45. The quantitative estimate of drug-likeness (QED) is 0.289. The number of carbonyl (C=O) groups excluding carboxylic acids is 3. The molecule has 242 valence electrons. The lowest BCUT2D eigenvalue weighted by atomic mass is 9.57. The zero-order chi connectivity index (χ0) is 32.8. The molecular formula is C35H38FN3O7. The van der Waals surface area contributed by atoms with Crippen molar-refractivity contribution in [3.63, 3.8) is 0 Å². The Hall–Kier alpha value is -4.06. The first-order chi connectivity index (χ1) is 21.8. The van der Waals surface area contributed by atoms with E-state index < -0.39 is 69.6 Å². The second-order valence-electron chi connectivity index (χ2n) is 13.9. The number of primary amides is 1. The van der Waals surface area contributed by atoms with Crippen molar-refractivity contribution in [2.45, 2.75) is 62.8 Å². The van der Waals surface area contributed by atoms with E-state index in [1.165, 1.54) is 36.2 Å². The van der Waals surface area contributed by atoms with Crippen LogP contribution in [0.5, 0.6) is 5.75 Å². The monoisotopic (exact) mass is 631 g/mol. The number of aliphatic hydroxyl groups is 3. The number of Topliss-reactive ketones (excluding diaryl/α,β-unsaturated/α-hetero) is 2. The molecule has 0 aromatic heterocycles. The molecule has 5 aliphatic rings. The van der Waals surface area contributed by atoms with Gasteiger partial charge in [-0.2, -0.15) is 0 Å². The van der Waals surface area contributed by atoms with Gasteiger partial charge in [0.1, 0.15) is 28.7 Å². The van der Waals surface area contributed by atoms with E-state index in [-0.39, 0.29) is 47.7 Å². The summed E-state index contributed by atoms with van der Waals surface area (Å²) in [4.78, 5) is 43.2. The standard InChI is InChI=1S/C35H38FN3O7/c1-38(2)29-23-12-19-11-22-26(30(41)25(19)32(43)35(23,46)33(44)27(31(29)42)34(37)45)24(40)13-20(28(22)36)15-39(14-16-7-8-16)21-9-17-5-3-4-6-18(17)10-21/h3-6,13,16,19,21,23,29,40-41,44,46H,7-12,14-15H2,1-2H3,(H2,37,45)/t19-,23-,29-,35-/m0/s1. The maximum Gasteiger partial charge on any atom is 0.255 e. The van der Waals surface area contributed by atoms with Crippen molar-refractivity contribution < 1.29 is 39.2 Å². The van der Waals surface area contributed by atoms with Crippen LogP contribution in [0.3, 0.4) is 0 Å². The highest BCUT2D eigenvalue weighted by molar-refractivity contribution is 6.24. The molecule has 0 saturated heterocycles. The fourth-order valence-corrected chi connectivity index (χ4v) is 8.45. The number of aromatic hydroxyl groups is 1. The van der Waals surface area contributed by atoms with Gasteiger partial charge in [0, 0.05) is 41.7 Å². The average Bonchev–Trinajstić information content (AvgIpc) is 3.71. The van der Waals surface area contributed by atoms with E-state index in [1.807, 2.05) is 12.1 Å². The number of carbonyl (C=O) groups is 3. The molecule has 2 aromatic rings. The summed E-state index contributed by atoms with van der Waals surface area (Å²) in [5.74, 6) is -7.58. The van der Waals surface area contributed by atoms with Crippen molar-refractivity contribution in [3.05, 3.63) is 80.9 Å². The van der Waals surface area contributed by atoms with Crippen LogP contribution in [-0.4, -0.2) is 86.0 Å². The van der Waals surface area contributed by atoms with Gasteiger partial charge in [0.05, 0.1) is 11.6 Å². The number of phenols is 1. The largest absolute Gasteiger partial charge is 0.508 e. The molecule has 5 aliphatic carbocycles. The summed E-state index contributed by atoms with van der Waals surface area (Å²) in [6, 6.07) is 8.58. The fraction of sp³-hybridized carbons (Fsp3) is 0.457. The minimum Gasteiger partial charge on any atom is -0.508 e. The van der Waals surface area contributed by atoms with Crippen molar-refractivity contribution in [1.29, 1.82) is 0 Å². The van der Waals surface area contributed by atoms with Crippen LogP contribution in [0.25, 0.3) is 5.76 Å². The smallest absolute Gasteiger partial charge is 0.255 e. The minimum atomic E-state index is -2.74. The van der Waals surface area contributed by atoms with E-state index in [4.69, 9.17) is 5.73 Å². The molecule has 0 radical (unpaired) electrons. The molecule has 2 saturated carbocycles. The molecule has 1 amide bonds. The van der Waals surface area contributed by atoms with Crippen LogP contribution in [0.1, 0.15) is 47.1 Å². The van der Waals surface area contributed by atoms with Gasteiger partial charge in [-0.15, -0.1) is 0 Å². The highest BCUT2D eigenvalue weighted by Crippen LogP contribution is 2.53. The van der Waals surface area contributed by atoms with E-state index in [0.29, 0.717) is 5.92 Å². The number of aliphatic hydroxyl groups excluding tert-OH is 2. The Balaban J connectivity index is 1.27. The van der Waals surface area contributed by atoms with Gasteiger partial charge in [-0.3, -0.25) is 24.2 Å². The van der Waals surface area contributed by atoms with Crippen molar-refractivity contribution in [3.8, 4) is 5.75 Å². The number of nitrogens with zero attached hydrogens (tertiary/aromatic N) is 2. The number of fused-ring (bicyclic) bond motifs is 4. The molecule has 0 unspecified atom stereocenters. The summed E-state index contributed by atoms with van der Waals surface area (Å²) in [7, 11) is 3.07. The third-order valence-corrected chi connectivity index (χ3v) is 10.8. The summed E-state index contributed by atoms with van der Waals surface area (Å²) in [5.41, 5.74) is 4.15. The Morgan fingerprint density at radius 3 is 2.30 bits per heavy atom. The van der Waals surface area contributed by atoms with Crippen LogP contribution in [0, 0.1) is 23.6 Å². The van der Waals surface area contributed by atoms with Gasteiger partial charge in [0.15, 0.2) is 11.4 Å². The number of hydrogen-bond acceptors (Lipinski definition) is 9. The predicted molar refractivity (Wildman–Crippen MR) is 165 cm³/mol. The summed E-state index contributed by atoms with van der Waals surface area (Å²) < 4.78 is 16.5. The summed E-state index contributed by atoms with van der Waals surface area (Å²) in [6.45, 7) is 1.07. The van der Waals surface area contributed by atoms with Gasteiger partial charge < -0.3 is 26.2 Å². The molecule has 0 heterocycles. The molecule has 0 aliphatic heterocycles. The first-order valence-corrected chi connectivity index (χ1v) is 15.8. The Morgan fingerprint density at radius 1 is 1.07 bits per heavy atom. The number of phenolic OH excluding ortho intramolecular Hbond substituents is 1. The number of benzene rings is 2. The summed E-state index contributed by atoms with van der Waals surface area (Å²) in [6.07, 6.45) is 3.78. The molecule has 2 aromatic carbocycles. The Labute approximate surface area is 265 Å². The van der Waals surface area contributed by atoms with Crippen molar-refractivity contribution in [1.82, 2.24) is 9.80 Å². The number of amides is 1. The number of ketones is 2. The molecule has 11 heteroatoms. The minimum absolute atomic E-state index is 0.0571. The highest BCUT2D eigenvalue weighted by atomic mass is 19.1. The van der Waals surface area contributed by atoms with Crippen molar-refractivity contribution >= 4 is 23.2 Å². The van der Waals surface area contributed by atoms with E-state index in [2.05, 4.69) is 17.0 Å². The molecule has 0 spiro atoms. The number of rotatable bonds is 7. The average molecular weight is 632 g/mol. The Morgan fingerprint density at radius 2 is 1.72 bits per heavy atom. The van der Waals surface area contributed by atoms with E-state index >= 15 is 4.39 Å². The van der Waals surface area contributed by atoms with Crippen molar-refractivity contribution in [2.24, 2.45) is 23.5 Å². The molecule has 7 rings (SSSR count). The third kappa shape index (κ3) is 4.51. The van der Waals surface area contributed by atoms with Crippen LogP contribution < -0.4 is 5.73 Å². The maximum absolute atomic E-state index is 16.5. The normalized spacial score (nSPS) is 27.7. The number of halogens is 1. The van der Waals surface area contributed by atoms with Crippen LogP contribution in [-0.2, 0) is 40.2 Å². The van der Waals surface area contributed by atoms with Gasteiger partial charge >= 0.3 is 0 Å². The van der Waals surface area contributed by atoms with Gasteiger partial charge in [0.2, 0.25) is 5.78 Å². The molecule has 2 fully saturated rings. The zero-order valence-electron chi connectivity index (χ0n) is 25.8. The highest BCUT2D eigenvalue weighted by Gasteiger charge is 2.64. The van der Waals surface area contributed by atoms with Crippen LogP contribution in [0.4, 0.5) is 4.39 Å². The molecular weight excluding hydrogens is 593 g/mol. The van der Waals surface area contributed by atoms with E-state index in [9.17, 15) is 34.8 Å². The molecule has 6 N–H and O–H groups in total. The zero-order valence-corrected chi connectivity index (χ0v) is 25.8. The summed E-state index contributed by atoms with van der Waals surface area (Å²) >= 11 is 0. The Bertz CT molecular complexity index is 1740. The van der Waals surface area contributed by atoms with Crippen LogP contribution in [0.2, 0.25) is 0 Å². The molecule has 10 nitrogen and oxygen atoms in total. The predicted octanol–water partition coefficient (Wildman–Crippen LogP) is 2.48. The van der Waals surface area contributed by atoms with Gasteiger partial charge in [0.25, 0.3) is 5.91 Å². The Kier molecular flexibility index (Phi) is 7.15. The van der Waals surface area contributed by atoms with Crippen LogP contribution >= 0.6 is 0 Å². The molecule has 46 heavy (non-hydrogen) atoms. The SMILES string of the molecule is CN(C)[C@@H]1C(=O)C(C(N)=O)=C(O)[C@@]2(O)C(=O)C3=C(O)c4c(O)cc(CN(CC5CC5)C5Cc6ccccc6C5)c(F)c4C[C@H]3C[C@@H]12. The number of hydrogen-bond donors (Lipinski definition) is 5. The van der Waals surface area contributed by atoms with Gasteiger partial charge in [-0.1, -0.05) is 24.3 Å². The summed E-state index contributed by atoms with van der Waals surface area (Å²) in [5, 5.41) is 45.4. The number of likely N-dealkylation sites (N-methyl/N-ethyl adjacent to an activating group) is 1. The molecule has 0 bridgehead atoms. The van der Waals surface area contributed by atoms with E-state index in [0.717, 1.165) is 32.2 Å². The molecule has 4 atom stereocenters. The second kappa shape index (κ2) is 10.8. The lowest BCUT2D eigenvalue weighted by Gasteiger charge is -2.50. The van der Waals surface area contributed by atoms with Crippen LogP contribution in [0.15, 0.2) is 47.2 Å². The van der Waals surface area contributed by atoms with Crippen molar-refractivity contribution in [2.75, 3.05) is 20.6 Å². The third-order valence-electron chi connectivity index (χ3n) is 10.8. The first-order valence-electron chi connectivity index (χ1n) is 15.8. The number of nitrogens with two attached hydrogens (primary N) is 1. The second-order valence-corrected chi connectivity index (χ2v) is 13.9. The lowest BCUT2D eigenvalue weighted by molar-refractivity contribution is -0.153. The van der Waals surface area contributed by atoms with E-state index in [1.54, 1.807) is 0 Å². The lowest BCUT2D eigenvalue weighted by Crippen LogP contribution is -2.65. The topological polar surface area (TPSA) is 165 Å². The van der Waals surface area contributed by atoms with Gasteiger partial charge in [-0.05, 0) is 81.6 Å². The van der Waals surface area contributed by atoms with Gasteiger partial charge in [-0.25, -0.2) is 4.39 Å². The first kappa shape index (κ1) is 30.6.